The van der Waals surface area contributed by atoms with Gasteiger partial charge in [0, 0.05) is 19.5 Å². The summed E-state index contributed by atoms with van der Waals surface area (Å²) in [6.45, 7) is 8.45. The number of nitrogens with one attached hydrogen (secondary N) is 1. The average molecular weight is 372 g/mol. The maximum absolute atomic E-state index is 10.3. The molecule has 156 valence electrons. The van der Waals surface area contributed by atoms with E-state index in [2.05, 4.69) is 19.2 Å². The highest BCUT2D eigenvalue weighted by Crippen LogP contribution is 2.14. The van der Waals surface area contributed by atoms with E-state index in [0.717, 1.165) is 45.1 Å². The van der Waals surface area contributed by atoms with Crippen molar-refractivity contribution in [3.63, 3.8) is 0 Å². The van der Waals surface area contributed by atoms with Gasteiger partial charge in [-0.2, -0.15) is 0 Å². The molecule has 2 N–H and O–H groups in total. The molecule has 0 saturated carbocycles. The van der Waals surface area contributed by atoms with E-state index in [1.165, 1.54) is 70.6 Å². The Balaban J connectivity index is 0.000000867. The average Bonchev–Trinajstić information content (AvgIpc) is 2.63. The molecule has 0 spiro atoms. The van der Waals surface area contributed by atoms with Crippen molar-refractivity contribution in [1.82, 2.24) is 5.32 Å². The molecule has 0 amide bonds. The molecule has 1 aliphatic heterocycles. The number of aliphatic carboxylic acids is 1. The summed E-state index contributed by atoms with van der Waals surface area (Å²) in [5.74, 6) is 0.212. The molecule has 1 heterocycles. The van der Waals surface area contributed by atoms with E-state index >= 15 is 0 Å². The SMILES string of the molecule is C1COCCN1.CC(C)CCCCCCCCCCCCCCC(=O)O. The minimum absolute atomic E-state index is 0.344. The van der Waals surface area contributed by atoms with Gasteiger partial charge in [0.1, 0.15) is 0 Å². The first-order valence-electron chi connectivity index (χ1n) is 11.1. The monoisotopic (exact) mass is 371 g/mol. The summed E-state index contributed by atoms with van der Waals surface area (Å²) in [6.07, 6.45) is 17.3. The molecule has 0 bridgehead atoms. The Morgan fingerprint density at radius 1 is 0.808 bits per heavy atom. The van der Waals surface area contributed by atoms with E-state index in [0.29, 0.717) is 6.42 Å². The van der Waals surface area contributed by atoms with Crippen LogP contribution in [0.4, 0.5) is 0 Å². The summed E-state index contributed by atoms with van der Waals surface area (Å²) in [6, 6.07) is 0. The second-order valence-electron chi connectivity index (χ2n) is 7.93. The lowest BCUT2D eigenvalue weighted by atomic mass is 10.0. The van der Waals surface area contributed by atoms with Crippen molar-refractivity contribution >= 4 is 5.97 Å². The van der Waals surface area contributed by atoms with Crippen LogP contribution in [0.3, 0.4) is 0 Å². The van der Waals surface area contributed by atoms with E-state index in [9.17, 15) is 4.79 Å². The van der Waals surface area contributed by atoms with Crippen LogP contribution in [0.5, 0.6) is 0 Å². The molecule has 0 aromatic rings. The standard InChI is InChI=1S/C18H36O2.C4H9NO/c1-17(2)15-13-11-9-7-5-3-4-6-8-10-12-14-16-18(19)20;1-3-6-4-2-5-1/h17H,3-16H2,1-2H3,(H,19,20);5H,1-4H2. The zero-order chi connectivity index (χ0) is 19.3. The van der Waals surface area contributed by atoms with Gasteiger partial charge >= 0.3 is 5.97 Å². The zero-order valence-electron chi connectivity index (χ0n) is 17.6. The summed E-state index contributed by atoms with van der Waals surface area (Å²) in [5.41, 5.74) is 0. The number of unbranched alkanes of at least 4 members (excludes halogenated alkanes) is 11. The molecule has 4 nitrogen and oxygen atoms in total. The third kappa shape index (κ3) is 23.4. The van der Waals surface area contributed by atoms with Crippen LogP contribution in [0.2, 0.25) is 0 Å². The van der Waals surface area contributed by atoms with Crippen LogP contribution >= 0.6 is 0 Å². The number of morpholine rings is 1. The summed E-state index contributed by atoms with van der Waals surface area (Å²) in [5, 5.41) is 11.7. The van der Waals surface area contributed by atoms with Crippen molar-refractivity contribution in [3.05, 3.63) is 0 Å². The maximum Gasteiger partial charge on any atom is 0.303 e. The molecular weight excluding hydrogens is 326 g/mol. The van der Waals surface area contributed by atoms with Crippen molar-refractivity contribution in [2.45, 2.75) is 104 Å². The van der Waals surface area contributed by atoms with Crippen LogP contribution in [0.15, 0.2) is 0 Å². The third-order valence-electron chi connectivity index (χ3n) is 4.77. The Morgan fingerprint density at radius 2 is 1.23 bits per heavy atom. The first-order chi connectivity index (χ1) is 12.6. The van der Waals surface area contributed by atoms with Gasteiger partial charge in [0.15, 0.2) is 0 Å². The number of rotatable bonds is 15. The van der Waals surface area contributed by atoms with Gasteiger partial charge in [-0.05, 0) is 12.3 Å². The summed E-state index contributed by atoms with van der Waals surface area (Å²) in [7, 11) is 0. The molecule has 1 saturated heterocycles. The fraction of sp³-hybridized carbons (Fsp3) is 0.955. The maximum atomic E-state index is 10.3. The molecular formula is C22H45NO3. The first-order valence-corrected chi connectivity index (χ1v) is 11.1. The minimum Gasteiger partial charge on any atom is -0.481 e. The third-order valence-corrected chi connectivity index (χ3v) is 4.77. The van der Waals surface area contributed by atoms with Gasteiger partial charge in [-0.3, -0.25) is 4.79 Å². The van der Waals surface area contributed by atoms with Crippen LogP contribution in [0.25, 0.3) is 0 Å². The smallest absolute Gasteiger partial charge is 0.303 e. The van der Waals surface area contributed by atoms with Crippen LogP contribution in [-0.4, -0.2) is 37.4 Å². The molecule has 1 fully saturated rings. The van der Waals surface area contributed by atoms with Crippen LogP contribution < -0.4 is 5.32 Å². The second-order valence-corrected chi connectivity index (χ2v) is 7.93. The lowest BCUT2D eigenvalue weighted by Crippen LogP contribution is -2.30. The topological polar surface area (TPSA) is 58.6 Å². The van der Waals surface area contributed by atoms with Crippen molar-refractivity contribution in [1.29, 1.82) is 0 Å². The predicted molar refractivity (Wildman–Crippen MR) is 111 cm³/mol. The molecule has 0 aliphatic carbocycles. The van der Waals surface area contributed by atoms with Crippen LogP contribution in [0, 0.1) is 5.92 Å². The number of carboxylic acids is 1. The van der Waals surface area contributed by atoms with Crippen LogP contribution in [0.1, 0.15) is 104 Å². The van der Waals surface area contributed by atoms with Gasteiger partial charge in [-0.1, -0.05) is 90.9 Å². The Kier molecular flexibility index (Phi) is 20.2. The number of hydrogen-bond acceptors (Lipinski definition) is 3. The molecule has 0 aromatic heterocycles. The van der Waals surface area contributed by atoms with E-state index in [4.69, 9.17) is 9.84 Å². The fourth-order valence-corrected chi connectivity index (χ4v) is 3.11. The van der Waals surface area contributed by atoms with Gasteiger partial charge in [0.25, 0.3) is 0 Å². The van der Waals surface area contributed by atoms with Crippen molar-refractivity contribution < 1.29 is 14.6 Å². The summed E-state index contributed by atoms with van der Waals surface area (Å²) >= 11 is 0. The van der Waals surface area contributed by atoms with Gasteiger partial charge in [0.05, 0.1) is 13.2 Å². The molecule has 0 unspecified atom stereocenters. The van der Waals surface area contributed by atoms with Gasteiger partial charge < -0.3 is 15.2 Å². The molecule has 26 heavy (non-hydrogen) atoms. The number of ether oxygens (including phenoxy) is 1. The van der Waals surface area contributed by atoms with Crippen molar-refractivity contribution in [2.75, 3.05) is 26.3 Å². The van der Waals surface area contributed by atoms with Gasteiger partial charge in [-0.25, -0.2) is 0 Å². The Labute approximate surface area is 162 Å². The first kappa shape index (κ1) is 25.4. The lowest BCUT2D eigenvalue weighted by molar-refractivity contribution is -0.137. The molecule has 4 heteroatoms. The number of carboxylic acid groups (broad SMARTS) is 1. The molecule has 0 aromatic carbocycles. The quantitative estimate of drug-likeness (QED) is 0.357. The highest BCUT2D eigenvalue weighted by molar-refractivity contribution is 5.66. The number of hydrogen-bond donors (Lipinski definition) is 2. The normalized spacial score (nSPS) is 14.1. The zero-order valence-corrected chi connectivity index (χ0v) is 17.6. The lowest BCUT2D eigenvalue weighted by Gasteiger charge is -2.10. The highest BCUT2D eigenvalue weighted by Gasteiger charge is 1.97. The fourth-order valence-electron chi connectivity index (χ4n) is 3.11. The summed E-state index contributed by atoms with van der Waals surface area (Å²) < 4.78 is 5.01. The molecule has 1 rings (SSSR count). The Bertz CT molecular complexity index is 280. The minimum atomic E-state index is -0.654. The molecule has 0 atom stereocenters. The predicted octanol–water partition coefficient (Wildman–Crippen LogP) is 5.79. The van der Waals surface area contributed by atoms with Gasteiger partial charge in [-0.15, -0.1) is 0 Å². The van der Waals surface area contributed by atoms with Crippen molar-refractivity contribution in [3.8, 4) is 0 Å². The van der Waals surface area contributed by atoms with E-state index in [1.807, 2.05) is 0 Å². The van der Waals surface area contributed by atoms with Crippen molar-refractivity contribution in [2.24, 2.45) is 5.92 Å². The summed E-state index contributed by atoms with van der Waals surface area (Å²) in [4.78, 5) is 10.3. The number of carbonyl (C=O) groups is 1. The second kappa shape index (κ2) is 20.7. The largest absolute Gasteiger partial charge is 0.481 e. The van der Waals surface area contributed by atoms with E-state index in [-0.39, 0.29) is 0 Å². The van der Waals surface area contributed by atoms with E-state index in [1.54, 1.807) is 0 Å². The molecule has 0 radical (unpaired) electrons. The van der Waals surface area contributed by atoms with Gasteiger partial charge in [0.2, 0.25) is 0 Å². The Hall–Kier alpha value is -0.610. The highest BCUT2D eigenvalue weighted by atomic mass is 16.5. The molecule has 1 aliphatic rings. The van der Waals surface area contributed by atoms with E-state index < -0.39 is 5.97 Å². The van der Waals surface area contributed by atoms with Crippen LogP contribution in [-0.2, 0) is 9.53 Å². The Morgan fingerprint density at radius 3 is 1.54 bits per heavy atom.